The van der Waals surface area contributed by atoms with Gasteiger partial charge in [-0.15, -0.1) is 6.58 Å². The molecular formula is C15H30O. The Morgan fingerprint density at radius 3 is 2.00 bits per heavy atom. The van der Waals surface area contributed by atoms with Gasteiger partial charge in [-0.1, -0.05) is 64.9 Å². The number of ether oxygens (including phenoxy) is 1. The summed E-state index contributed by atoms with van der Waals surface area (Å²) in [6, 6.07) is 0. The molecule has 0 aromatic heterocycles. The van der Waals surface area contributed by atoms with E-state index in [2.05, 4.69) is 20.4 Å². The van der Waals surface area contributed by atoms with Gasteiger partial charge >= 0.3 is 0 Å². The number of hydrogen-bond donors (Lipinski definition) is 0. The quantitative estimate of drug-likeness (QED) is 0.351. The molecule has 1 nitrogen and oxygen atoms in total. The minimum atomic E-state index is -0.0661. The Hall–Kier alpha value is -0.300. The molecule has 0 fully saturated rings. The number of rotatable bonds is 11. The Kier molecular flexibility index (Phi) is 9.71. The highest BCUT2D eigenvalue weighted by Crippen LogP contribution is 2.24. The molecule has 1 atom stereocenters. The Morgan fingerprint density at radius 1 is 1.00 bits per heavy atom. The van der Waals surface area contributed by atoms with E-state index in [0.29, 0.717) is 0 Å². The standard InChI is InChI=1S/C15H30O/c1-5-8-9-10-11-12-13-14-15(6-2,7-3)16-4/h6H,2,5,7-14H2,1,3-4H3. The first-order valence-corrected chi connectivity index (χ1v) is 6.93. The lowest BCUT2D eigenvalue weighted by atomic mass is 9.93. The van der Waals surface area contributed by atoms with Crippen molar-refractivity contribution in [1.82, 2.24) is 0 Å². The molecule has 0 saturated carbocycles. The second kappa shape index (κ2) is 9.89. The lowest BCUT2D eigenvalue weighted by molar-refractivity contribution is 0.0199. The molecule has 0 aliphatic heterocycles. The van der Waals surface area contributed by atoms with Crippen molar-refractivity contribution in [3.8, 4) is 0 Å². The molecule has 0 aromatic carbocycles. The van der Waals surface area contributed by atoms with Crippen molar-refractivity contribution < 1.29 is 4.74 Å². The minimum absolute atomic E-state index is 0.0661. The van der Waals surface area contributed by atoms with Gasteiger partial charge in [0.25, 0.3) is 0 Å². The lowest BCUT2D eigenvalue weighted by Gasteiger charge is -2.27. The Bertz CT molecular complexity index is 159. The zero-order valence-corrected chi connectivity index (χ0v) is 11.6. The van der Waals surface area contributed by atoms with Gasteiger partial charge in [-0.25, -0.2) is 0 Å². The van der Waals surface area contributed by atoms with Gasteiger partial charge in [0, 0.05) is 7.11 Å². The van der Waals surface area contributed by atoms with Crippen molar-refractivity contribution in [3.63, 3.8) is 0 Å². The highest BCUT2D eigenvalue weighted by molar-refractivity contribution is 4.95. The molecule has 0 bridgehead atoms. The van der Waals surface area contributed by atoms with Crippen molar-refractivity contribution in [2.45, 2.75) is 77.2 Å². The van der Waals surface area contributed by atoms with Crippen LogP contribution >= 0.6 is 0 Å². The summed E-state index contributed by atoms with van der Waals surface area (Å²) in [6.45, 7) is 8.32. The van der Waals surface area contributed by atoms with Crippen LogP contribution < -0.4 is 0 Å². The Labute approximate surface area is 102 Å². The Balaban J connectivity index is 3.52. The average molecular weight is 226 g/mol. The van der Waals surface area contributed by atoms with Crippen LogP contribution in [-0.2, 0) is 4.74 Å². The first kappa shape index (κ1) is 15.7. The summed E-state index contributed by atoms with van der Waals surface area (Å²) in [5.74, 6) is 0. The maximum atomic E-state index is 5.56. The van der Waals surface area contributed by atoms with E-state index >= 15 is 0 Å². The normalized spacial score (nSPS) is 14.7. The van der Waals surface area contributed by atoms with Gasteiger partial charge in [-0.2, -0.15) is 0 Å². The fraction of sp³-hybridized carbons (Fsp3) is 0.867. The zero-order chi connectivity index (χ0) is 12.3. The molecule has 0 saturated heterocycles. The highest BCUT2D eigenvalue weighted by Gasteiger charge is 2.22. The molecule has 0 aliphatic carbocycles. The molecule has 1 unspecified atom stereocenters. The molecule has 0 amide bonds. The summed E-state index contributed by atoms with van der Waals surface area (Å²) in [4.78, 5) is 0. The molecule has 0 heterocycles. The van der Waals surface area contributed by atoms with Crippen molar-refractivity contribution in [2.75, 3.05) is 7.11 Å². The summed E-state index contributed by atoms with van der Waals surface area (Å²) in [5.41, 5.74) is -0.0661. The predicted octanol–water partition coefficient (Wildman–Crippen LogP) is 5.11. The minimum Gasteiger partial charge on any atom is -0.374 e. The molecule has 0 rings (SSSR count). The molecule has 1 heteroatoms. The highest BCUT2D eigenvalue weighted by atomic mass is 16.5. The second-order valence-corrected chi connectivity index (χ2v) is 4.70. The monoisotopic (exact) mass is 226 g/mol. The van der Waals surface area contributed by atoms with Gasteiger partial charge < -0.3 is 4.74 Å². The van der Waals surface area contributed by atoms with Crippen LogP contribution in [0.5, 0.6) is 0 Å². The largest absolute Gasteiger partial charge is 0.374 e. The molecule has 0 spiro atoms. The summed E-state index contributed by atoms with van der Waals surface area (Å²) in [5, 5.41) is 0. The topological polar surface area (TPSA) is 9.23 Å². The molecule has 0 aliphatic rings. The van der Waals surface area contributed by atoms with E-state index in [1.54, 1.807) is 7.11 Å². The van der Waals surface area contributed by atoms with Crippen LogP contribution in [0.3, 0.4) is 0 Å². The van der Waals surface area contributed by atoms with Crippen LogP contribution in [0.1, 0.15) is 71.6 Å². The number of unbranched alkanes of at least 4 members (excludes halogenated alkanes) is 6. The van der Waals surface area contributed by atoms with Crippen LogP contribution in [0, 0.1) is 0 Å². The zero-order valence-electron chi connectivity index (χ0n) is 11.6. The molecule has 0 aromatic rings. The van der Waals surface area contributed by atoms with E-state index in [1.807, 2.05) is 6.08 Å². The van der Waals surface area contributed by atoms with Crippen molar-refractivity contribution in [3.05, 3.63) is 12.7 Å². The van der Waals surface area contributed by atoms with E-state index in [-0.39, 0.29) is 5.60 Å². The molecule has 96 valence electrons. The summed E-state index contributed by atoms with van der Waals surface area (Å²) in [7, 11) is 1.80. The molecule has 16 heavy (non-hydrogen) atoms. The van der Waals surface area contributed by atoms with E-state index in [9.17, 15) is 0 Å². The summed E-state index contributed by atoms with van der Waals surface area (Å²) in [6.07, 6.45) is 13.6. The Morgan fingerprint density at radius 2 is 1.56 bits per heavy atom. The van der Waals surface area contributed by atoms with E-state index < -0.39 is 0 Å². The maximum absolute atomic E-state index is 5.56. The smallest absolute Gasteiger partial charge is 0.0853 e. The molecule has 0 N–H and O–H groups in total. The van der Waals surface area contributed by atoms with Gasteiger partial charge in [-0.05, 0) is 12.8 Å². The van der Waals surface area contributed by atoms with Gasteiger partial charge in [0.2, 0.25) is 0 Å². The second-order valence-electron chi connectivity index (χ2n) is 4.70. The summed E-state index contributed by atoms with van der Waals surface area (Å²) < 4.78 is 5.56. The lowest BCUT2D eigenvalue weighted by Crippen LogP contribution is -2.27. The van der Waals surface area contributed by atoms with Crippen LogP contribution in [0.15, 0.2) is 12.7 Å². The first-order valence-electron chi connectivity index (χ1n) is 6.93. The van der Waals surface area contributed by atoms with Crippen LogP contribution in [-0.4, -0.2) is 12.7 Å². The third-order valence-electron chi connectivity index (χ3n) is 3.58. The van der Waals surface area contributed by atoms with Crippen LogP contribution in [0.25, 0.3) is 0 Å². The average Bonchev–Trinajstić information content (AvgIpc) is 2.34. The molecule has 0 radical (unpaired) electrons. The SMILES string of the molecule is C=CC(CC)(CCCCCCCCC)OC. The summed E-state index contributed by atoms with van der Waals surface area (Å²) >= 11 is 0. The van der Waals surface area contributed by atoms with E-state index in [4.69, 9.17) is 4.74 Å². The maximum Gasteiger partial charge on any atom is 0.0853 e. The third kappa shape index (κ3) is 6.32. The first-order chi connectivity index (χ1) is 7.74. The fourth-order valence-corrected chi connectivity index (χ4v) is 2.13. The van der Waals surface area contributed by atoms with Gasteiger partial charge in [0.15, 0.2) is 0 Å². The number of methoxy groups -OCH3 is 1. The van der Waals surface area contributed by atoms with Crippen molar-refractivity contribution in [1.29, 1.82) is 0 Å². The van der Waals surface area contributed by atoms with Crippen molar-refractivity contribution in [2.24, 2.45) is 0 Å². The fourth-order valence-electron chi connectivity index (χ4n) is 2.13. The van der Waals surface area contributed by atoms with Gasteiger partial charge in [-0.3, -0.25) is 0 Å². The predicted molar refractivity (Wildman–Crippen MR) is 72.8 cm³/mol. The molecular weight excluding hydrogens is 196 g/mol. The van der Waals surface area contributed by atoms with E-state index in [0.717, 1.165) is 12.8 Å². The van der Waals surface area contributed by atoms with Crippen molar-refractivity contribution >= 4 is 0 Å². The van der Waals surface area contributed by atoms with Gasteiger partial charge in [0.05, 0.1) is 5.60 Å². The van der Waals surface area contributed by atoms with E-state index in [1.165, 1.54) is 44.9 Å². The number of hydrogen-bond acceptors (Lipinski definition) is 1. The van der Waals surface area contributed by atoms with Crippen LogP contribution in [0.4, 0.5) is 0 Å². The van der Waals surface area contributed by atoms with Crippen LogP contribution in [0.2, 0.25) is 0 Å². The van der Waals surface area contributed by atoms with Gasteiger partial charge in [0.1, 0.15) is 0 Å². The third-order valence-corrected chi connectivity index (χ3v) is 3.58.